The molecule has 2 fully saturated rings. The van der Waals surface area contributed by atoms with E-state index in [1.165, 1.54) is 42.2 Å². The van der Waals surface area contributed by atoms with Crippen molar-refractivity contribution in [3.63, 3.8) is 0 Å². The Labute approximate surface area is 194 Å². The highest BCUT2D eigenvalue weighted by Gasteiger charge is 2.31. The number of aromatic nitrogens is 4. The van der Waals surface area contributed by atoms with Gasteiger partial charge in [0.05, 0.1) is 12.2 Å². The third kappa shape index (κ3) is 3.81. The van der Waals surface area contributed by atoms with E-state index in [0.29, 0.717) is 6.54 Å². The van der Waals surface area contributed by atoms with Crippen LogP contribution in [0.15, 0.2) is 30.9 Å². The zero-order chi connectivity index (χ0) is 22.4. The van der Waals surface area contributed by atoms with E-state index in [0.717, 1.165) is 68.6 Å². The predicted molar refractivity (Wildman–Crippen MR) is 127 cm³/mol. The summed E-state index contributed by atoms with van der Waals surface area (Å²) in [4.78, 5) is 33.2. The van der Waals surface area contributed by atoms with Crippen molar-refractivity contribution >= 4 is 16.9 Å². The van der Waals surface area contributed by atoms with Crippen LogP contribution in [0.2, 0.25) is 0 Å². The second-order valence-electron chi connectivity index (χ2n) is 9.64. The molecule has 0 bridgehead atoms. The lowest BCUT2D eigenvalue weighted by Crippen LogP contribution is -2.55. The first-order valence-electron chi connectivity index (χ1n) is 12.1. The average Bonchev–Trinajstić information content (AvgIpc) is 3.10. The predicted octanol–water partition coefficient (Wildman–Crippen LogP) is 2.09. The molecule has 3 aromatic rings. The monoisotopic (exact) mass is 445 g/mol. The second-order valence-corrected chi connectivity index (χ2v) is 9.64. The van der Waals surface area contributed by atoms with Crippen LogP contribution < -0.4 is 0 Å². The van der Waals surface area contributed by atoms with Gasteiger partial charge in [-0.15, -0.1) is 0 Å². The average molecular weight is 446 g/mol. The van der Waals surface area contributed by atoms with E-state index in [2.05, 4.69) is 48.4 Å². The molecule has 8 nitrogen and oxygen atoms in total. The first-order valence-corrected chi connectivity index (χ1v) is 12.1. The van der Waals surface area contributed by atoms with E-state index >= 15 is 0 Å². The molecular weight excluding hydrogens is 414 g/mol. The van der Waals surface area contributed by atoms with E-state index in [-0.39, 0.29) is 5.91 Å². The molecule has 0 spiro atoms. The number of aryl methyl sites for hydroxylation is 1. The summed E-state index contributed by atoms with van der Waals surface area (Å²) in [5, 5.41) is 1.21. The standard InChI is InChI=1S/C25H31N7O/c1-29-23-15-30(16-24(33)32-11-9-31(10-12-32)19-3-2-4-19)8-7-20(23)21-5-6-22(28-25(21)29)18-13-26-17-27-14-18/h5-6,13-14,17,19H,2-4,7-12,15-16H2,1H3. The van der Waals surface area contributed by atoms with E-state index < -0.39 is 0 Å². The van der Waals surface area contributed by atoms with Gasteiger partial charge in [-0.3, -0.25) is 14.6 Å². The van der Waals surface area contributed by atoms with E-state index in [9.17, 15) is 4.79 Å². The number of carbonyl (C=O) groups is 1. The maximum absolute atomic E-state index is 13.0. The molecule has 8 heteroatoms. The Morgan fingerprint density at radius 1 is 1.06 bits per heavy atom. The minimum Gasteiger partial charge on any atom is -0.339 e. The fraction of sp³-hybridized carbons (Fsp3) is 0.520. The molecule has 172 valence electrons. The molecule has 1 saturated heterocycles. The fourth-order valence-corrected chi connectivity index (χ4v) is 5.57. The molecule has 1 amide bonds. The molecule has 3 aliphatic rings. The van der Waals surface area contributed by atoms with Crippen molar-refractivity contribution in [2.45, 2.75) is 38.3 Å². The van der Waals surface area contributed by atoms with Crippen molar-refractivity contribution in [3.05, 3.63) is 42.1 Å². The quantitative estimate of drug-likeness (QED) is 0.613. The van der Waals surface area contributed by atoms with Gasteiger partial charge in [-0.2, -0.15) is 0 Å². The lowest BCUT2D eigenvalue weighted by atomic mass is 9.91. The van der Waals surface area contributed by atoms with Crippen molar-refractivity contribution < 1.29 is 4.79 Å². The molecule has 33 heavy (non-hydrogen) atoms. The smallest absolute Gasteiger partial charge is 0.236 e. The minimum absolute atomic E-state index is 0.273. The van der Waals surface area contributed by atoms with E-state index in [1.807, 2.05) is 0 Å². The van der Waals surface area contributed by atoms with E-state index in [4.69, 9.17) is 4.98 Å². The van der Waals surface area contributed by atoms with Gasteiger partial charge in [0.25, 0.3) is 0 Å². The van der Waals surface area contributed by atoms with Crippen molar-refractivity contribution in [2.75, 3.05) is 39.3 Å². The molecule has 0 unspecified atom stereocenters. The molecule has 0 radical (unpaired) electrons. The summed E-state index contributed by atoms with van der Waals surface area (Å²) in [7, 11) is 2.09. The minimum atomic E-state index is 0.273. The molecule has 0 atom stereocenters. The van der Waals surface area contributed by atoms with Crippen LogP contribution in [0.3, 0.4) is 0 Å². The van der Waals surface area contributed by atoms with Crippen LogP contribution in [0.4, 0.5) is 0 Å². The highest BCUT2D eigenvalue weighted by Crippen LogP contribution is 2.31. The molecule has 0 aromatic carbocycles. The Hall–Kier alpha value is -2.84. The third-order valence-corrected chi connectivity index (χ3v) is 7.80. The number of fused-ring (bicyclic) bond motifs is 3. The maximum Gasteiger partial charge on any atom is 0.236 e. The molecule has 0 N–H and O–H groups in total. The van der Waals surface area contributed by atoms with Gasteiger partial charge in [0.2, 0.25) is 5.91 Å². The molecule has 1 aliphatic carbocycles. The van der Waals surface area contributed by atoms with Crippen LogP contribution in [-0.2, 0) is 24.8 Å². The highest BCUT2D eigenvalue weighted by atomic mass is 16.2. The number of nitrogens with zero attached hydrogens (tertiary/aromatic N) is 7. The normalized spacial score (nSPS) is 20.1. The first kappa shape index (κ1) is 20.7. The van der Waals surface area contributed by atoms with Gasteiger partial charge in [0.1, 0.15) is 12.0 Å². The molecule has 3 aromatic heterocycles. The summed E-state index contributed by atoms with van der Waals surface area (Å²) < 4.78 is 2.20. The summed E-state index contributed by atoms with van der Waals surface area (Å²) in [5.74, 6) is 0.273. The number of carbonyl (C=O) groups excluding carboxylic acids is 1. The van der Waals surface area contributed by atoms with Crippen LogP contribution in [0, 0.1) is 0 Å². The lowest BCUT2D eigenvalue weighted by Gasteiger charge is -2.43. The van der Waals surface area contributed by atoms with Gasteiger partial charge in [-0.1, -0.05) is 6.42 Å². The SMILES string of the molecule is Cn1c2c(c3ccc(-c4cncnc4)nc31)CCN(CC(=O)N1CCN(C3CCC3)CC1)C2. The Bertz CT molecular complexity index is 1160. The second kappa shape index (κ2) is 8.50. The highest BCUT2D eigenvalue weighted by molar-refractivity contribution is 5.85. The van der Waals surface area contributed by atoms with Gasteiger partial charge in [-0.05, 0) is 37.0 Å². The molecular formula is C25H31N7O. The number of hydrogen-bond acceptors (Lipinski definition) is 6. The Balaban J connectivity index is 1.15. The number of piperazine rings is 1. The van der Waals surface area contributed by atoms with Crippen molar-refractivity contribution in [3.8, 4) is 11.3 Å². The topological polar surface area (TPSA) is 70.4 Å². The first-order chi connectivity index (χ1) is 16.2. The van der Waals surface area contributed by atoms with Gasteiger partial charge in [0.15, 0.2) is 0 Å². The summed E-state index contributed by atoms with van der Waals surface area (Å²) >= 11 is 0. The number of amides is 1. The summed E-state index contributed by atoms with van der Waals surface area (Å²) in [5.41, 5.74) is 5.43. The van der Waals surface area contributed by atoms with Gasteiger partial charge >= 0.3 is 0 Å². The Morgan fingerprint density at radius 2 is 1.85 bits per heavy atom. The molecule has 1 saturated carbocycles. The maximum atomic E-state index is 13.0. The third-order valence-electron chi connectivity index (χ3n) is 7.80. The Morgan fingerprint density at radius 3 is 2.58 bits per heavy atom. The van der Waals surface area contributed by atoms with Crippen LogP contribution in [0.1, 0.15) is 30.5 Å². The molecule has 6 rings (SSSR count). The number of rotatable bonds is 4. The van der Waals surface area contributed by atoms with Crippen molar-refractivity contribution in [1.29, 1.82) is 0 Å². The summed E-state index contributed by atoms with van der Waals surface area (Å²) in [6.07, 6.45) is 10.1. The van der Waals surface area contributed by atoms with Crippen LogP contribution in [-0.4, -0.2) is 85.4 Å². The van der Waals surface area contributed by atoms with Crippen molar-refractivity contribution in [2.24, 2.45) is 7.05 Å². The van der Waals surface area contributed by atoms with Crippen molar-refractivity contribution in [1.82, 2.24) is 34.2 Å². The fourth-order valence-electron chi connectivity index (χ4n) is 5.57. The van der Waals surface area contributed by atoms with Gasteiger partial charge < -0.3 is 9.47 Å². The molecule has 5 heterocycles. The van der Waals surface area contributed by atoms with Gasteiger partial charge in [-0.25, -0.2) is 15.0 Å². The van der Waals surface area contributed by atoms with E-state index in [1.54, 1.807) is 12.4 Å². The van der Waals surface area contributed by atoms with Crippen LogP contribution >= 0.6 is 0 Å². The van der Waals surface area contributed by atoms with Crippen LogP contribution in [0.5, 0.6) is 0 Å². The van der Waals surface area contributed by atoms with Crippen LogP contribution in [0.25, 0.3) is 22.3 Å². The summed E-state index contributed by atoms with van der Waals surface area (Å²) in [6.45, 7) is 6.02. The molecule has 2 aliphatic heterocycles. The largest absolute Gasteiger partial charge is 0.339 e. The number of hydrogen-bond donors (Lipinski definition) is 0. The Kier molecular flexibility index (Phi) is 5.34. The zero-order valence-electron chi connectivity index (χ0n) is 19.3. The number of pyridine rings is 1. The summed E-state index contributed by atoms with van der Waals surface area (Å²) in [6, 6.07) is 5.00. The lowest BCUT2D eigenvalue weighted by molar-refractivity contribution is -0.135. The zero-order valence-corrected chi connectivity index (χ0v) is 19.3. The van der Waals surface area contributed by atoms with Gasteiger partial charge in [0, 0.05) is 81.4 Å².